The molecule has 1 aromatic heterocycles. The van der Waals surface area contributed by atoms with Crippen LogP contribution in [0.2, 0.25) is 0 Å². The van der Waals surface area contributed by atoms with Gasteiger partial charge in [0.25, 0.3) is 0 Å². The molecule has 4 rings (SSSR count). The van der Waals surface area contributed by atoms with Crippen molar-refractivity contribution in [3.63, 3.8) is 0 Å². The van der Waals surface area contributed by atoms with Gasteiger partial charge in [0.05, 0.1) is 11.0 Å². The van der Waals surface area contributed by atoms with Gasteiger partial charge >= 0.3 is 0 Å². The van der Waals surface area contributed by atoms with Crippen LogP contribution in [0.3, 0.4) is 0 Å². The molecule has 0 aliphatic carbocycles. The zero-order chi connectivity index (χ0) is 21.8. The lowest BCUT2D eigenvalue weighted by Crippen LogP contribution is -2.35. The molecule has 1 amide bonds. The van der Waals surface area contributed by atoms with E-state index >= 15 is 0 Å². The van der Waals surface area contributed by atoms with E-state index in [0.717, 1.165) is 48.5 Å². The fourth-order valence-corrected chi connectivity index (χ4v) is 4.35. The molecule has 5 heteroatoms. The second-order valence-electron chi connectivity index (χ2n) is 8.88. The molecule has 2 aromatic carbocycles. The van der Waals surface area contributed by atoms with E-state index in [4.69, 9.17) is 9.72 Å². The van der Waals surface area contributed by atoms with Gasteiger partial charge < -0.3 is 14.2 Å². The van der Waals surface area contributed by atoms with Crippen molar-refractivity contribution < 1.29 is 9.53 Å². The van der Waals surface area contributed by atoms with Crippen LogP contribution in [0, 0.1) is 6.92 Å². The van der Waals surface area contributed by atoms with E-state index in [2.05, 4.69) is 39.0 Å². The van der Waals surface area contributed by atoms with E-state index in [1.165, 1.54) is 24.0 Å². The number of para-hydroxylation sites is 2. The lowest BCUT2D eigenvalue weighted by Gasteiger charge is -2.21. The highest BCUT2D eigenvalue weighted by Gasteiger charge is 2.20. The number of fused-ring (bicyclic) bond motifs is 1. The second kappa shape index (κ2) is 9.54. The van der Waals surface area contributed by atoms with Crippen molar-refractivity contribution in [2.24, 2.45) is 0 Å². The van der Waals surface area contributed by atoms with Gasteiger partial charge in [0.15, 0.2) is 0 Å². The van der Waals surface area contributed by atoms with E-state index in [1.807, 2.05) is 33.7 Å². The molecule has 0 spiro atoms. The minimum absolute atomic E-state index is 0.171. The number of benzene rings is 2. The molecule has 2 heterocycles. The van der Waals surface area contributed by atoms with Crippen LogP contribution in [0.1, 0.15) is 62.4 Å². The van der Waals surface area contributed by atoms with Gasteiger partial charge in [-0.25, -0.2) is 4.98 Å². The number of likely N-dealkylation sites (tertiary alicyclic amines) is 1. The number of ether oxygens (including phenoxy) is 1. The van der Waals surface area contributed by atoms with Crippen LogP contribution >= 0.6 is 0 Å². The Morgan fingerprint density at radius 3 is 2.55 bits per heavy atom. The molecule has 31 heavy (non-hydrogen) atoms. The molecule has 0 bridgehead atoms. The Bertz CT molecular complexity index is 1050. The van der Waals surface area contributed by atoms with Gasteiger partial charge in [0.2, 0.25) is 5.91 Å². The summed E-state index contributed by atoms with van der Waals surface area (Å²) in [6.07, 6.45) is 4.62. The van der Waals surface area contributed by atoms with Crippen LogP contribution in [0.15, 0.2) is 42.5 Å². The van der Waals surface area contributed by atoms with E-state index in [-0.39, 0.29) is 5.91 Å². The first kappa shape index (κ1) is 21.4. The number of amides is 1. The summed E-state index contributed by atoms with van der Waals surface area (Å²) in [5.41, 5.74) is 4.24. The first-order valence-electron chi connectivity index (χ1n) is 11.5. The fraction of sp³-hybridized carbons (Fsp3) is 0.462. The number of aryl methyl sites for hydroxylation is 1. The van der Waals surface area contributed by atoms with Crippen LogP contribution in [0.25, 0.3) is 11.0 Å². The Balaban J connectivity index is 1.60. The van der Waals surface area contributed by atoms with Gasteiger partial charge in [-0.05, 0) is 55.0 Å². The quantitative estimate of drug-likeness (QED) is 0.534. The van der Waals surface area contributed by atoms with Crippen molar-refractivity contribution in [3.05, 3.63) is 59.4 Å². The van der Waals surface area contributed by atoms with Crippen LogP contribution in [0.5, 0.6) is 5.75 Å². The predicted molar refractivity (Wildman–Crippen MR) is 124 cm³/mol. The number of nitrogens with zero attached hydrogens (tertiary/aromatic N) is 3. The van der Waals surface area contributed by atoms with E-state index < -0.39 is 0 Å². The molecule has 0 radical (unpaired) electrons. The average molecular weight is 420 g/mol. The zero-order valence-corrected chi connectivity index (χ0v) is 18.9. The third-order valence-corrected chi connectivity index (χ3v) is 6.13. The van der Waals surface area contributed by atoms with Crippen molar-refractivity contribution in [2.45, 2.75) is 65.5 Å². The van der Waals surface area contributed by atoms with Gasteiger partial charge in [-0.15, -0.1) is 0 Å². The number of aromatic nitrogens is 2. The lowest BCUT2D eigenvalue weighted by molar-refractivity contribution is -0.131. The zero-order valence-electron chi connectivity index (χ0n) is 18.9. The summed E-state index contributed by atoms with van der Waals surface area (Å²) in [6.45, 7) is 8.79. The highest BCUT2D eigenvalue weighted by molar-refractivity contribution is 5.81. The maximum absolute atomic E-state index is 13.1. The molecule has 0 atom stereocenters. The summed E-state index contributed by atoms with van der Waals surface area (Å²) in [6, 6.07) is 14.4. The first-order valence-corrected chi connectivity index (χ1v) is 11.5. The Labute approximate surface area is 185 Å². The topological polar surface area (TPSA) is 47.4 Å². The Kier molecular flexibility index (Phi) is 6.59. The van der Waals surface area contributed by atoms with E-state index in [9.17, 15) is 4.79 Å². The Morgan fingerprint density at radius 2 is 1.81 bits per heavy atom. The van der Waals surface area contributed by atoms with Gasteiger partial charge in [-0.3, -0.25) is 4.79 Å². The Hall–Kier alpha value is -2.82. The van der Waals surface area contributed by atoms with Gasteiger partial charge in [0.1, 0.15) is 24.7 Å². The second-order valence-corrected chi connectivity index (χ2v) is 8.88. The molecule has 1 fully saturated rings. The van der Waals surface area contributed by atoms with Crippen molar-refractivity contribution in [3.8, 4) is 5.75 Å². The summed E-state index contributed by atoms with van der Waals surface area (Å²) in [5.74, 6) is 2.23. The van der Waals surface area contributed by atoms with Crippen LogP contribution in [-0.4, -0.2) is 33.4 Å². The molecule has 1 aliphatic heterocycles. The summed E-state index contributed by atoms with van der Waals surface area (Å²) >= 11 is 0. The van der Waals surface area contributed by atoms with Crippen molar-refractivity contribution >= 4 is 16.9 Å². The van der Waals surface area contributed by atoms with E-state index in [0.29, 0.717) is 19.1 Å². The highest BCUT2D eigenvalue weighted by Crippen LogP contribution is 2.28. The Morgan fingerprint density at radius 1 is 1.06 bits per heavy atom. The number of hydrogen-bond donors (Lipinski definition) is 0. The van der Waals surface area contributed by atoms with Crippen molar-refractivity contribution in [1.29, 1.82) is 0 Å². The number of imidazole rings is 1. The summed E-state index contributed by atoms with van der Waals surface area (Å²) in [4.78, 5) is 19.9. The minimum Gasteiger partial charge on any atom is -0.485 e. The normalized spacial score (nSPS) is 14.8. The fourth-order valence-electron chi connectivity index (χ4n) is 4.35. The standard InChI is InChI=1S/C26H33N3O2/c1-19(2)21-13-12-20(3)16-24(21)31-18-25-27-22-10-6-7-11-23(22)29(25)17-26(30)28-14-8-4-5-9-15-28/h6-7,10-13,16,19H,4-5,8-9,14-15,17-18H2,1-3H3. The predicted octanol–water partition coefficient (Wildman–Crippen LogP) is 5.45. The number of rotatable bonds is 6. The monoisotopic (exact) mass is 419 g/mol. The summed E-state index contributed by atoms with van der Waals surface area (Å²) < 4.78 is 8.31. The minimum atomic E-state index is 0.171. The molecular formula is C26H33N3O2. The molecule has 164 valence electrons. The molecule has 0 saturated carbocycles. The maximum Gasteiger partial charge on any atom is 0.242 e. The third-order valence-electron chi connectivity index (χ3n) is 6.13. The third kappa shape index (κ3) is 4.92. The molecular weight excluding hydrogens is 386 g/mol. The largest absolute Gasteiger partial charge is 0.485 e. The maximum atomic E-state index is 13.1. The van der Waals surface area contributed by atoms with Crippen LogP contribution < -0.4 is 4.74 Å². The van der Waals surface area contributed by atoms with E-state index in [1.54, 1.807) is 0 Å². The summed E-state index contributed by atoms with van der Waals surface area (Å²) in [5, 5.41) is 0. The molecule has 5 nitrogen and oxygen atoms in total. The molecule has 1 saturated heterocycles. The van der Waals surface area contributed by atoms with Crippen molar-refractivity contribution in [1.82, 2.24) is 14.5 Å². The average Bonchev–Trinajstić information content (AvgIpc) is 2.92. The number of carbonyl (C=O) groups is 1. The highest BCUT2D eigenvalue weighted by atomic mass is 16.5. The SMILES string of the molecule is Cc1ccc(C(C)C)c(OCc2nc3ccccc3n2CC(=O)N2CCCCCC2)c1. The first-order chi connectivity index (χ1) is 15.0. The lowest BCUT2D eigenvalue weighted by atomic mass is 10.0. The van der Waals surface area contributed by atoms with Gasteiger partial charge in [0, 0.05) is 13.1 Å². The van der Waals surface area contributed by atoms with Gasteiger partial charge in [-0.2, -0.15) is 0 Å². The molecule has 0 N–H and O–H groups in total. The number of carbonyl (C=O) groups excluding carboxylic acids is 1. The smallest absolute Gasteiger partial charge is 0.242 e. The van der Waals surface area contributed by atoms with Crippen LogP contribution in [0.4, 0.5) is 0 Å². The molecule has 3 aromatic rings. The number of hydrogen-bond acceptors (Lipinski definition) is 3. The molecule has 0 unspecified atom stereocenters. The summed E-state index contributed by atoms with van der Waals surface area (Å²) in [7, 11) is 0. The van der Waals surface area contributed by atoms with Crippen molar-refractivity contribution in [2.75, 3.05) is 13.1 Å². The van der Waals surface area contributed by atoms with Gasteiger partial charge in [-0.1, -0.05) is 51.0 Å². The van der Waals surface area contributed by atoms with Crippen LogP contribution in [-0.2, 0) is 17.9 Å². The molecule has 1 aliphatic rings.